The molecule has 7 nitrogen and oxygen atoms in total. The molecular weight excluding hydrogens is 398 g/mol. The molecule has 9 heteroatoms. The average Bonchev–Trinajstić information content (AvgIpc) is 2.52. The number of benzene rings is 1. The Bertz CT molecular complexity index is 719. The van der Waals surface area contributed by atoms with Crippen molar-refractivity contribution in [1.29, 1.82) is 0 Å². The molecule has 0 heterocycles. The van der Waals surface area contributed by atoms with Gasteiger partial charge in [0.15, 0.2) is 0 Å². The van der Waals surface area contributed by atoms with Crippen molar-refractivity contribution in [2.45, 2.75) is 31.2 Å². The number of nitrogens with zero attached hydrogens (tertiary/aromatic N) is 1. The van der Waals surface area contributed by atoms with Gasteiger partial charge in [-0.25, -0.2) is 12.7 Å². The van der Waals surface area contributed by atoms with E-state index in [9.17, 15) is 18.0 Å². The molecule has 2 N–H and O–H groups in total. The van der Waals surface area contributed by atoms with Crippen molar-refractivity contribution in [3.63, 3.8) is 0 Å². The molecule has 1 aromatic carbocycles. The van der Waals surface area contributed by atoms with Crippen molar-refractivity contribution < 1.29 is 18.0 Å². The molecule has 0 radical (unpaired) electrons. The zero-order chi connectivity index (χ0) is 18.5. The van der Waals surface area contributed by atoms with E-state index in [4.69, 9.17) is 0 Å². The van der Waals surface area contributed by atoms with Gasteiger partial charge in [0.2, 0.25) is 15.9 Å². The van der Waals surface area contributed by atoms with Crippen molar-refractivity contribution >= 4 is 37.8 Å². The van der Waals surface area contributed by atoms with Gasteiger partial charge in [0.25, 0.3) is 5.91 Å². The molecule has 0 aliphatic carbocycles. The van der Waals surface area contributed by atoms with Crippen LogP contribution < -0.4 is 10.6 Å². The maximum Gasteiger partial charge on any atom is 0.251 e. The highest BCUT2D eigenvalue weighted by Crippen LogP contribution is 2.25. The molecule has 0 fully saturated rings. The molecule has 1 rings (SSSR count). The minimum atomic E-state index is -3.69. The summed E-state index contributed by atoms with van der Waals surface area (Å²) in [5, 5.41) is 5.24. The summed E-state index contributed by atoms with van der Waals surface area (Å²) in [6.45, 7) is 4.03. The Morgan fingerprint density at radius 1 is 1.29 bits per heavy atom. The third-order valence-electron chi connectivity index (χ3n) is 3.24. The molecule has 0 unspecified atom stereocenters. The Morgan fingerprint density at radius 3 is 2.46 bits per heavy atom. The molecule has 0 saturated carbocycles. The summed E-state index contributed by atoms with van der Waals surface area (Å²) in [6.07, 6.45) is 0.797. The molecule has 134 valence electrons. The second-order valence-corrected chi connectivity index (χ2v) is 8.39. The van der Waals surface area contributed by atoms with Gasteiger partial charge in [-0.05, 0) is 47.5 Å². The van der Waals surface area contributed by atoms with Crippen molar-refractivity contribution in [3.05, 3.63) is 28.2 Å². The highest BCUT2D eigenvalue weighted by atomic mass is 79.9. The van der Waals surface area contributed by atoms with Crippen LogP contribution in [0.5, 0.6) is 0 Å². The molecule has 0 spiro atoms. The Morgan fingerprint density at radius 2 is 1.92 bits per heavy atom. The molecule has 0 saturated heterocycles. The summed E-state index contributed by atoms with van der Waals surface area (Å²) in [5.41, 5.74) is 0.161. The van der Waals surface area contributed by atoms with E-state index in [2.05, 4.69) is 26.6 Å². The van der Waals surface area contributed by atoms with E-state index in [0.29, 0.717) is 11.0 Å². The van der Waals surface area contributed by atoms with Gasteiger partial charge in [-0.15, -0.1) is 0 Å². The van der Waals surface area contributed by atoms with Crippen molar-refractivity contribution in [3.8, 4) is 0 Å². The first-order valence-corrected chi connectivity index (χ1v) is 9.65. The van der Waals surface area contributed by atoms with Gasteiger partial charge in [0.05, 0.1) is 4.90 Å². The lowest BCUT2D eigenvalue weighted by Crippen LogP contribution is -2.45. The van der Waals surface area contributed by atoms with E-state index in [-0.39, 0.29) is 16.4 Å². The quantitative estimate of drug-likeness (QED) is 0.696. The third-order valence-corrected chi connectivity index (χ3v) is 6.05. The number of hydrogen-bond acceptors (Lipinski definition) is 4. The highest BCUT2D eigenvalue weighted by Gasteiger charge is 2.23. The molecule has 1 aromatic rings. The fourth-order valence-electron chi connectivity index (χ4n) is 1.79. The summed E-state index contributed by atoms with van der Waals surface area (Å²) in [4.78, 5) is 24.1. The fraction of sp³-hybridized carbons (Fsp3) is 0.467. The van der Waals surface area contributed by atoms with Gasteiger partial charge in [-0.1, -0.05) is 6.92 Å². The SMILES string of the molecule is CCCNC(=O)[C@H](C)NC(=O)c1ccc(Br)c(S(=O)(=O)N(C)C)c1. The van der Waals surface area contributed by atoms with E-state index in [1.165, 1.54) is 32.3 Å². The van der Waals surface area contributed by atoms with E-state index in [1.54, 1.807) is 6.92 Å². The normalized spacial score (nSPS) is 12.8. The van der Waals surface area contributed by atoms with Crippen LogP contribution in [-0.4, -0.2) is 51.2 Å². The van der Waals surface area contributed by atoms with Crippen LogP contribution in [0.4, 0.5) is 0 Å². The summed E-state index contributed by atoms with van der Waals surface area (Å²) in [6, 6.07) is 3.55. The molecule has 0 bridgehead atoms. The van der Waals surface area contributed by atoms with Crippen LogP contribution in [-0.2, 0) is 14.8 Å². The molecule has 1 atom stereocenters. The number of nitrogens with one attached hydrogen (secondary N) is 2. The average molecular weight is 420 g/mol. The van der Waals surface area contributed by atoms with Crippen molar-refractivity contribution in [2.24, 2.45) is 0 Å². The van der Waals surface area contributed by atoms with Crippen LogP contribution in [0.1, 0.15) is 30.6 Å². The smallest absolute Gasteiger partial charge is 0.251 e. The number of amides is 2. The standard InChI is InChI=1S/C15H22BrN3O4S/c1-5-8-17-14(20)10(2)18-15(21)11-6-7-12(16)13(9-11)24(22,23)19(3)4/h6-7,9-10H,5,8H2,1-4H3,(H,17,20)(H,18,21)/t10-/m0/s1. The zero-order valence-corrected chi connectivity index (χ0v) is 16.5. The topological polar surface area (TPSA) is 95.6 Å². The molecule has 0 aliphatic heterocycles. The number of carbonyl (C=O) groups excluding carboxylic acids is 2. The van der Waals surface area contributed by atoms with Crippen LogP contribution in [0, 0.1) is 0 Å². The first kappa shape index (κ1) is 20.6. The van der Waals surface area contributed by atoms with Gasteiger partial charge in [0, 0.05) is 30.7 Å². The lowest BCUT2D eigenvalue weighted by Gasteiger charge is -2.16. The van der Waals surface area contributed by atoms with E-state index in [0.717, 1.165) is 10.7 Å². The molecular formula is C15H22BrN3O4S. The summed E-state index contributed by atoms with van der Waals surface area (Å²) >= 11 is 3.18. The monoisotopic (exact) mass is 419 g/mol. The highest BCUT2D eigenvalue weighted by molar-refractivity contribution is 9.10. The predicted molar refractivity (Wildman–Crippen MR) is 95.2 cm³/mol. The van der Waals surface area contributed by atoms with Gasteiger partial charge < -0.3 is 10.6 Å². The Labute approximate surface area is 151 Å². The first-order valence-electron chi connectivity index (χ1n) is 7.42. The van der Waals surface area contributed by atoms with Crippen LogP contribution in [0.3, 0.4) is 0 Å². The lowest BCUT2D eigenvalue weighted by atomic mass is 10.2. The van der Waals surface area contributed by atoms with Crippen molar-refractivity contribution in [1.82, 2.24) is 14.9 Å². The fourth-order valence-corrected chi connectivity index (χ4v) is 3.63. The van der Waals surface area contributed by atoms with Gasteiger partial charge in [-0.2, -0.15) is 0 Å². The van der Waals surface area contributed by atoms with Crippen LogP contribution in [0.2, 0.25) is 0 Å². The summed E-state index contributed by atoms with van der Waals surface area (Å²) in [7, 11) is -0.870. The van der Waals surface area contributed by atoms with E-state index < -0.39 is 22.0 Å². The second-order valence-electron chi connectivity index (χ2n) is 5.42. The van der Waals surface area contributed by atoms with Gasteiger partial charge >= 0.3 is 0 Å². The number of halogens is 1. The summed E-state index contributed by atoms with van der Waals surface area (Å²) < 4.78 is 26.0. The Kier molecular flexibility index (Phi) is 7.37. The number of hydrogen-bond donors (Lipinski definition) is 2. The van der Waals surface area contributed by atoms with Crippen LogP contribution >= 0.6 is 15.9 Å². The van der Waals surface area contributed by atoms with Gasteiger partial charge in [0.1, 0.15) is 6.04 Å². The molecule has 24 heavy (non-hydrogen) atoms. The van der Waals surface area contributed by atoms with Crippen molar-refractivity contribution in [2.75, 3.05) is 20.6 Å². The summed E-state index contributed by atoms with van der Waals surface area (Å²) in [5.74, 6) is -0.805. The van der Waals surface area contributed by atoms with E-state index in [1.807, 2.05) is 6.92 Å². The van der Waals surface area contributed by atoms with Crippen LogP contribution in [0.15, 0.2) is 27.6 Å². The maximum atomic E-state index is 12.3. The second kappa shape index (κ2) is 8.59. The number of sulfonamides is 1. The Hall–Kier alpha value is -1.45. The first-order chi connectivity index (χ1) is 11.1. The minimum absolute atomic E-state index is 0.0109. The molecule has 0 aromatic heterocycles. The molecule has 0 aliphatic rings. The largest absolute Gasteiger partial charge is 0.354 e. The molecule has 2 amide bonds. The predicted octanol–water partition coefficient (Wildman–Crippen LogP) is 1.34. The van der Waals surface area contributed by atoms with Gasteiger partial charge in [-0.3, -0.25) is 9.59 Å². The zero-order valence-electron chi connectivity index (χ0n) is 14.1. The lowest BCUT2D eigenvalue weighted by molar-refractivity contribution is -0.122. The van der Waals surface area contributed by atoms with E-state index >= 15 is 0 Å². The number of rotatable bonds is 7. The third kappa shape index (κ3) is 5.02. The Balaban J connectivity index is 2.99. The minimum Gasteiger partial charge on any atom is -0.354 e. The number of carbonyl (C=O) groups is 2. The van der Waals surface area contributed by atoms with Crippen LogP contribution in [0.25, 0.3) is 0 Å². The maximum absolute atomic E-state index is 12.3.